The number of carbonyl (C=O) groups excluding carboxylic acids is 2. The van der Waals surface area contributed by atoms with E-state index in [0.29, 0.717) is 84.1 Å². The van der Waals surface area contributed by atoms with Crippen LogP contribution in [0.5, 0.6) is 17.2 Å². The Balaban J connectivity index is 0.000000224. The summed E-state index contributed by atoms with van der Waals surface area (Å²) >= 11 is 3.40. The first kappa shape index (κ1) is 50.3. The summed E-state index contributed by atoms with van der Waals surface area (Å²) in [5.74, 6) is 0.725. The highest BCUT2D eigenvalue weighted by atomic mass is 79.9. The van der Waals surface area contributed by atoms with Crippen LogP contribution in [-0.2, 0) is 16.1 Å². The van der Waals surface area contributed by atoms with Crippen molar-refractivity contribution in [2.24, 2.45) is 0 Å². The fraction of sp³-hybridized carbons (Fsp3) is 0.216. The number of imidazole rings is 2. The number of nitrogens with one attached hydrogen (secondary N) is 2. The van der Waals surface area contributed by atoms with Crippen molar-refractivity contribution in [2.75, 3.05) is 37.9 Å². The largest absolute Gasteiger partial charge is 0.489 e. The summed E-state index contributed by atoms with van der Waals surface area (Å²) in [6.07, 6.45) is -7.29. The summed E-state index contributed by atoms with van der Waals surface area (Å²) in [6.45, 7) is 3.45. The van der Waals surface area contributed by atoms with Gasteiger partial charge in [0.05, 0.1) is 60.6 Å². The van der Waals surface area contributed by atoms with Gasteiger partial charge in [0.1, 0.15) is 47.5 Å². The summed E-state index contributed by atoms with van der Waals surface area (Å²) in [6, 6.07) is 34.3. The predicted molar refractivity (Wildman–Crippen MR) is 258 cm³/mol. The number of hydrogen-bond acceptors (Lipinski definition) is 10. The average Bonchev–Trinajstić information content (AvgIpc) is 3.95. The molecular weight excluding hydrogens is 986 g/mol. The standard InChI is InChI=1S/C32H28F3N3O4.C19H17BrF3N3O2/c1-21-16-23(8-13-27(21)31(39)40-2)38-20-37-30-28(36-15-14-32(33,34)35)17-26(18-29(30)38)42-25-11-9-24(10-12-25)41-19-22-6-4-3-5-7-22;1-11-7-13(3-4-14(11)18(27)28-2)26-10-25-17-15(8-12(20)9-16(17)26)24-6-5-19(21,22)23/h3-13,16-18,20,36H,14-15,19H2,1-2H3;3-4,7-10,24H,5-6H2,1-2H3. The summed E-state index contributed by atoms with van der Waals surface area (Å²) in [5.41, 5.74) is 8.12. The average molecular weight is 1030 g/mol. The maximum Gasteiger partial charge on any atom is 0.390 e. The van der Waals surface area contributed by atoms with Gasteiger partial charge in [0, 0.05) is 41.1 Å². The highest BCUT2D eigenvalue weighted by molar-refractivity contribution is 9.10. The number of hydrogen-bond donors (Lipinski definition) is 2. The second kappa shape index (κ2) is 21.8. The molecule has 0 aliphatic rings. The van der Waals surface area contributed by atoms with Gasteiger partial charge >= 0.3 is 24.3 Å². The maximum atomic E-state index is 12.9. The Morgan fingerprint density at radius 1 is 0.600 bits per heavy atom. The molecule has 0 unspecified atom stereocenters. The van der Waals surface area contributed by atoms with E-state index in [4.69, 9.17) is 18.9 Å². The molecule has 0 fully saturated rings. The summed E-state index contributed by atoms with van der Waals surface area (Å²) in [4.78, 5) is 32.7. The van der Waals surface area contributed by atoms with Crippen LogP contribution >= 0.6 is 15.9 Å². The Morgan fingerprint density at radius 3 is 1.57 bits per heavy atom. The van der Waals surface area contributed by atoms with Crippen LogP contribution in [0.2, 0.25) is 0 Å². The molecule has 8 rings (SSSR count). The van der Waals surface area contributed by atoms with E-state index in [2.05, 4.69) is 36.5 Å². The van der Waals surface area contributed by atoms with E-state index >= 15 is 0 Å². The van der Waals surface area contributed by atoms with Crippen LogP contribution in [0.4, 0.5) is 37.7 Å². The molecule has 0 saturated heterocycles. The number of fused-ring (bicyclic) bond motifs is 2. The second-order valence-electron chi connectivity index (χ2n) is 15.8. The zero-order valence-corrected chi connectivity index (χ0v) is 39.6. The highest BCUT2D eigenvalue weighted by Crippen LogP contribution is 2.35. The Bertz CT molecular complexity index is 3120. The Hall–Kier alpha value is -7.54. The van der Waals surface area contributed by atoms with Gasteiger partial charge < -0.3 is 29.6 Å². The van der Waals surface area contributed by atoms with Crippen molar-refractivity contribution >= 4 is 61.3 Å². The smallest absolute Gasteiger partial charge is 0.390 e. The Kier molecular flexibility index (Phi) is 15.7. The predicted octanol–water partition coefficient (Wildman–Crippen LogP) is 13.1. The van der Waals surface area contributed by atoms with Crippen LogP contribution in [0, 0.1) is 13.8 Å². The third kappa shape index (κ3) is 12.8. The SMILES string of the molecule is COC(=O)c1ccc(-n2cnc3c(NCCC(F)(F)F)cc(Br)cc32)cc1C.COC(=O)c1ccc(-n2cnc3c(NCCC(F)(F)F)cc(Oc4ccc(OCc5ccccc5)cc4)cc32)cc1C. The molecule has 0 atom stereocenters. The first-order chi connectivity index (χ1) is 33.4. The number of aryl methyl sites for hydroxylation is 2. The van der Waals surface area contributed by atoms with Gasteiger partial charge in [0.2, 0.25) is 0 Å². The number of alkyl halides is 6. The van der Waals surface area contributed by atoms with Gasteiger partial charge in [-0.1, -0.05) is 46.3 Å². The minimum atomic E-state index is -4.30. The molecule has 364 valence electrons. The highest BCUT2D eigenvalue weighted by Gasteiger charge is 2.27. The van der Waals surface area contributed by atoms with E-state index in [9.17, 15) is 35.9 Å². The lowest BCUT2D eigenvalue weighted by Gasteiger charge is -2.14. The van der Waals surface area contributed by atoms with Crippen molar-refractivity contribution in [3.8, 4) is 28.6 Å². The van der Waals surface area contributed by atoms with Gasteiger partial charge in [-0.15, -0.1) is 0 Å². The fourth-order valence-corrected chi connectivity index (χ4v) is 7.79. The normalized spacial score (nSPS) is 11.5. The minimum absolute atomic E-state index is 0.241. The van der Waals surface area contributed by atoms with Crippen LogP contribution in [0.3, 0.4) is 0 Å². The maximum absolute atomic E-state index is 12.9. The third-order valence-corrected chi connectivity index (χ3v) is 11.2. The van der Waals surface area contributed by atoms with Gasteiger partial charge in [0.15, 0.2) is 0 Å². The Morgan fingerprint density at radius 2 is 1.09 bits per heavy atom. The fourth-order valence-electron chi connectivity index (χ4n) is 7.34. The van der Waals surface area contributed by atoms with Gasteiger partial charge in [-0.3, -0.25) is 9.13 Å². The molecule has 12 nitrogen and oxygen atoms in total. The lowest BCUT2D eigenvalue weighted by molar-refractivity contribution is -0.132. The zero-order valence-electron chi connectivity index (χ0n) is 38.0. The summed E-state index contributed by atoms with van der Waals surface area (Å²) < 4.78 is 102. The molecule has 8 aromatic rings. The molecule has 0 aliphatic carbocycles. The van der Waals surface area contributed by atoms with Gasteiger partial charge in [-0.2, -0.15) is 26.3 Å². The zero-order chi connectivity index (χ0) is 50.2. The van der Waals surface area contributed by atoms with E-state index in [0.717, 1.165) is 16.8 Å². The molecule has 0 saturated carbocycles. The van der Waals surface area contributed by atoms with Crippen molar-refractivity contribution < 1.29 is 54.9 Å². The first-order valence-corrected chi connectivity index (χ1v) is 22.3. The van der Waals surface area contributed by atoms with E-state index in [1.807, 2.05) is 53.1 Å². The van der Waals surface area contributed by atoms with E-state index in [1.165, 1.54) is 14.2 Å². The second-order valence-corrected chi connectivity index (χ2v) is 16.7. The van der Waals surface area contributed by atoms with Gasteiger partial charge in [-0.05, 0) is 103 Å². The van der Waals surface area contributed by atoms with Crippen molar-refractivity contribution in [3.63, 3.8) is 0 Å². The molecule has 6 aromatic carbocycles. The quantitative estimate of drug-likeness (QED) is 0.0756. The minimum Gasteiger partial charge on any atom is -0.489 e. The number of aromatic nitrogens is 4. The van der Waals surface area contributed by atoms with Gasteiger partial charge in [0.25, 0.3) is 0 Å². The van der Waals surface area contributed by atoms with Crippen LogP contribution in [-0.4, -0.2) is 70.7 Å². The van der Waals surface area contributed by atoms with Crippen molar-refractivity contribution in [2.45, 2.75) is 45.6 Å². The van der Waals surface area contributed by atoms with E-state index in [1.54, 1.807) is 97.8 Å². The van der Waals surface area contributed by atoms with Crippen LogP contribution in [0.1, 0.15) is 50.2 Å². The Labute approximate surface area is 406 Å². The van der Waals surface area contributed by atoms with E-state index < -0.39 is 37.1 Å². The van der Waals surface area contributed by atoms with Crippen molar-refractivity contribution in [1.82, 2.24) is 19.1 Å². The molecular formula is C51H45BrF6N6O6. The van der Waals surface area contributed by atoms with Crippen LogP contribution < -0.4 is 20.1 Å². The molecule has 0 bridgehead atoms. The molecule has 19 heteroatoms. The number of esters is 2. The number of anilines is 2. The molecule has 0 aliphatic heterocycles. The van der Waals surface area contributed by atoms with Crippen molar-refractivity contribution in [3.05, 3.63) is 160 Å². The van der Waals surface area contributed by atoms with Crippen molar-refractivity contribution in [1.29, 1.82) is 0 Å². The lowest BCUT2D eigenvalue weighted by Crippen LogP contribution is -2.14. The molecule has 0 amide bonds. The number of benzene rings is 6. The van der Waals surface area contributed by atoms with Gasteiger partial charge in [-0.25, -0.2) is 19.6 Å². The van der Waals surface area contributed by atoms with Crippen LogP contribution in [0.25, 0.3) is 33.4 Å². The summed E-state index contributed by atoms with van der Waals surface area (Å²) in [7, 11) is 2.64. The van der Waals surface area contributed by atoms with E-state index in [-0.39, 0.29) is 13.1 Å². The number of ether oxygens (including phenoxy) is 4. The first-order valence-electron chi connectivity index (χ1n) is 21.5. The third-order valence-electron chi connectivity index (χ3n) is 10.8. The summed E-state index contributed by atoms with van der Waals surface area (Å²) in [5, 5.41) is 5.67. The number of rotatable bonds is 15. The number of carbonyl (C=O) groups is 2. The number of methoxy groups -OCH3 is 2. The molecule has 0 radical (unpaired) electrons. The lowest BCUT2D eigenvalue weighted by atomic mass is 10.1. The monoisotopic (exact) mass is 1030 g/mol. The molecule has 2 N–H and O–H groups in total. The number of nitrogens with zero attached hydrogens (tertiary/aromatic N) is 4. The molecule has 2 aromatic heterocycles. The number of halogens is 7. The van der Waals surface area contributed by atoms with Crippen LogP contribution in [0.15, 0.2) is 132 Å². The molecule has 70 heavy (non-hydrogen) atoms. The molecule has 2 heterocycles. The topological polar surface area (TPSA) is 131 Å². The molecule has 0 spiro atoms.